The SMILES string of the molecule is N[C@@H](Cc1ccc(-c2cccc[n+]2[O-])cc1)C(=O)O. The van der Waals surface area contributed by atoms with Crippen LogP contribution in [0, 0.1) is 5.21 Å². The van der Waals surface area contributed by atoms with Gasteiger partial charge in [-0.25, -0.2) is 0 Å². The molecule has 0 spiro atoms. The van der Waals surface area contributed by atoms with E-state index in [0.29, 0.717) is 5.69 Å². The monoisotopic (exact) mass is 258 g/mol. The summed E-state index contributed by atoms with van der Waals surface area (Å²) < 4.78 is 0.790. The van der Waals surface area contributed by atoms with E-state index in [1.165, 1.54) is 6.20 Å². The molecule has 0 saturated carbocycles. The lowest BCUT2D eigenvalue weighted by Crippen LogP contribution is -2.32. The first-order valence-electron chi connectivity index (χ1n) is 5.84. The Bertz CT molecular complexity index is 581. The highest BCUT2D eigenvalue weighted by Crippen LogP contribution is 2.16. The Kier molecular flexibility index (Phi) is 3.77. The predicted octanol–water partition coefficient (Wildman–Crippen LogP) is 0.941. The van der Waals surface area contributed by atoms with Gasteiger partial charge in [-0.15, -0.1) is 0 Å². The molecule has 98 valence electrons. The van der Waals surface area contributed by atoms with Crippen molar-refractivity contribution in [2.45, 2.75) is 12.5 Å². The summed E-state index contributed by atoms with van der Waals surface area (Å²) in [6.45, 7) is 0. The van der Waals surface area contributed by atoms with Gasteiger partial charge < -0.3 is 16.0 Å². The number of benzene rings is 1. The number of pyridine rings is 1. The third-order valence-electron chi connectivity index (χ3n) is 2.85. The molecule has 0 unspecified atom stereocenters. The van der Waals surface area contributed by atoms with Crippen molar-refractivity contribution in [3.63, 3.8) is 0 Å². The van der Waals surface area contributed by atoms with E-state index < -0.39 is 12.0 Å². The van der Waals surface area contributed by atoms with Gasteiger partial charge in [-0.05, 0) is 30.2 Å². The lowest BCUT2D eigenvalue weighted by molar-refractivity contribution is -0.593. The molecule has 0 radical (unpaired) electrons. The van der Waals surface area contributed by atoms with Crippen LogP contribution in [0.3, 0.4) is 0 Å². The van der Waals surface area contributed by atoms with Crippen LogP contribution in [0.25, 0.3) is 11.3 Å². The molecular weight excluding hydrogens is 244 g/mol. The van der Waals surface area contributed by atoms with E-state index >= 15 is 0 Å². The molecule has 0 fully saturated rings. The number of rotatable bonds is 4. The van der Waals surface area contributed by atoms with Crippen LogP contribution in [0.15, 0.2) is 48.7 Å². The molecule has 0 saturated heterocycles. The van der Waals surface area contributed by atoms with Crippen LogP contribution in [0.5, 0.6) is 0 Å². The van der Waals surface area contributed by atoms with Crippen LogP contribution < -0.4 is 10.5 Å². The zero-order chi connectivity index (χ0) is 13.8. The summed E-state index contributed by atoms with van der Waals surface area (Å²) in [5.41, 5.74) is 7.63. The van der Waals surface area contributed by atoms with Crippen molar-refractivity contribution >= 4 is 5.97 Å². The molecule has 2 aromatic rings. The third-order valence-corrected chi connectivity index (χ3v) is 2.85. The number of carbonyl (C=O) groups is 1. The molecule has 2 rings (SSSR count). The lowest BCUT2D eigenvalue weighted by Gasteiger charge is -2.07. The number of hydrogen-bond donors (Lipinski definition) is 2. The van der Waals surface area contributed by atoms with E-state index in [-0.39, 0.29) is 6.42 Å². The fraction of sp³-hybridized carbons (Fsp3) is 0.143. The maximum atomic E-state index is 11.6. The van der Waals surface area contributed by atoms with Crippen LogP contribution in [0.2, 0.25) is 0 Å². The van der Waals surface area contributed by atoms with Gasteiger partial charge in [-0.1, -0.05) is 12.1 Å². The summed E-state index contributed by atoms with van der Waals surface area (Å²) in [5.74, 6) is -1.02. The van der Waals surface area contributed by atoms with Gasteiger partial charge in [0.25, 0.3) is 0 Å². The zero-order valence-electron chi connectivity index (χ0n) is 10.2. The standard InChI is InChI=1S/C14H14N2O3/c15-12(14(17)18)9-10-4-6-11(7-5-10)13-3-1-2-8-16(13)19/h1-8,12H,9,15H2,(H,17,18)/t12-/m0/s1. The summed E-state index contributed by atoms with van der Waals surface area (Å²) in [5, 5.41) is 20.3. The first kappa shape index (κ1) is 13.0. The van der Waals surface area contributed by atoms with Crippen molar-refractivity contribution in [2.75, 3.05) is 0 Å². The molecule has 5 nitrogen and oxygen atoms in total. The van der Waals surface area contributed by atoms with Crippen molar-refractivity contribution in [2.24, 2.45) is 5.73 Å². The van der Waals surface area contributed by atoms with Crippen LogP contribution in [-0.4, -0.2) is 17.1 Å². The van der Waals surface area contributed by atoms with Crippen molar-refractivity contribution in [1.29, 1.82) is 0 Å². The Morgan fingerprint density at radius 1 is 1.26 bits per heavy atom. The van der Waals surface area contributed by atoms with Gasteiger partial charge in [0.05, 0.1) is 0 Å². The summed E-state index contributed by atoms with van der Waals surface area (Å²) in [4.78, 5) is 10.7. The van der Waals surface area contributed by atoms with Gasteiger partial charge in [-0.2, -0.15) is 4.73 Å². The Hall–Kier alpha value is -2.40. The molecule has 5 heteroatoms. The first-order chi connectivity index (χ1) is 9.08. The first-order valence-corrected chi connectivity index (χ1v) is 5.84. The molecule has 0 bridgehead atoms. The largest absolute Gasteiger partial charge is 0.618 e. The summed E-state index contributed by atoms with van der Waals surface area (Å²) in [6, 6.07) is 11.4. The molecule has 1 aromatic carbocycles. The Morgan fingerprint density at radius 2 is 1.95 bits per heavy atom. The van der Waals surface area contributed by atoms with Gasteiger partial charge in [0.1, 0.15) is 6.04 Å². The highest BCUT2D eigenvalue weighted by atomic mass is 16.5. The number of carboxylic acid groups (broad SMARTS) is 1. The van der Waals surface area contributed by atoms with E-state index in [2.05, 4.69) is 0 Å². The maximum absolute atomic E-state index is 11.6. The Balaban J connectivity index is 2.19. The number of aliphatic carboxylic acids is 1. The van der Waals surface area contributed by atoms with Crippen LogP contribution in [-0.2, 0) is 11.2 Å². The Labute approximate surface area is 110 Å². The average molecular weight is 258 g/mol. The van der Waals surface area contributed by atoms with Crippen molar-refractivity contribution in [3.8, 4) is 11.3 Å². The second-order valence-corrected chi connectivity index (χ2v) is 4.26. The molecule has 0 aliphatic heterocycles. The lowest BCUT2D eigenvalue weighted by atomic mass is 10.0. The van der Waals surface area contributed by atoms with Crippen LogP contribution in [0.4, 0.5) is 0 Å². The maximum Gasteiger partial charge on any atom is 0.320 e. The minimum atomic E-state index is -1.02. The predicted molar refractivity (Wildman–Crippen MR) is 70.2 cm³/mol. The molecule has 19 heavy (non-hydrogen) atoms. The van der Waals surface area contributed by atoms with Gasteiger partial charge in [-0.3, -0.25) is 4.79 Å². The molecule has 1 atom stereocenters. The fourth-order valence-electron chi connectivity index (χ4n) is 1.80. The highest BCUT2D eigenvalue weighted by molar-refractivity contribution is 5.73. The fourth-order valence-corrected chi connectivity index (χ4v) is 1.80. The normalized spacial score (nSPS) is 12.1. The topological polar surface area (TPSA) is 90.3 Å². The van der Waals surface area contributed by atoms with E-state index in [4.69, 9.17) is 10.8 Å². The number of nitrogens with zero attached hydrogens (tertiary/aromatic N) is 1. The van der Waals surface area contributed by atoms with Crippen molar-refractivity contribution in [1.82, 2.24) is 0 Å². The number of nitrogens with two attached hydrogens (primary N) is 1. The van der Waals surface area contributed by atoms with Crippen molar-refractivity contribution < 1.29 is 14.6 Å². The number of hydrogen-bond acceptors (Lipinski definition) is 3. The van der Waals surface area contributed by atoms with E-state index in [9.17, 15) is 10.0 Å². The van der Waals surface area contributed by atoms with E-state index in [1.54, 1.807) is 42.5 Å². The average Bonchev–Trinajstić information content (AvgIpc) is 2.40. The molecule has 3 N–H and O–H groups in total. The molecule has 0 aliphatic carbocycles. The van der Waals surface area contributed by atoms with Crippen molar-refractivity contribution in [3.05, 3.63) is 59.4 Å². The van der Waals surface area contributed by atoms with Crippen LogP contribution >= 0.6 is 0 Å². The highest BCUT2D eigenvalue weighted by Gasteiger charge is 2.12. The van der Waals surface area contributed by atoms with Gasteiger partial charge in [0.2, 0.25) is 5.69 Å². The van der Waals surface area contributed by atoms with Crippen LogP contribution in [0.1, 0.15) is 5.56 Å². The molecule has 0 aliphatic rings. The summed E-state index contributed by atoms with van der Waals surface area (Å²) in [7, 11) is 0. The third kappa shape index (κ3) is 3.08. The van der Waals surface area contributed by atoms with Gasteiger partial charge >= 0.3 is 5.97 Å². The molecular formula is C14H14N2O3. The van der Waals surface area contributed by atoms with Gasteiger partial charge in [0, 0.05) is 17.7 Å². The minimum Gasteiger partial charge on any atom is -0.618 e. The van der Waals surface area contributed by atoms with Gasteiger partial charge in [0.15, 0.2) is 6.20 Å². The molecule has 1 aromatic heterocycles. The second kappa shape index (κ2) is 5.49. The minimum absolute atomic E-state index is 0.266. The number of carboxylic acids is 1. The molecule has 0 amide bonds. The second-order valence-electron chi connectivity index (χ2n) is 4.26. The Morgan fingerprint density at radius 3 is 2.53 bits per heavy atom. The van der Waals surface area contributed by atoms with E-state index in [0.717, 1.165) is 15.9 Å². The number of aromatic nitrogens is 1. The summed E-state index contributed by atoms with van der Waals surface area (Å²) in [6.07, 6.45) is 1.70. The molecule has 1 heterocycles. The quantitative estimate of drug-likeness (QED) is 0.631. The van der Waals surface area contributed by atoms with E-state index in [1.807, 2.05) is 0 Å². The smallest absolute Gasteiger partial charge is 0.320 e. The summed E-state index contributed by atoms with van der Waals surface area (Å²) >= 11 is 0. The zero-order valence-corrected chi connectivity index (χ0v) is 10.2.